The third kappa shape index (κ3) is 4.34. The molecule has 1 amide bonds. The van der Waals surface area contributed by atoms with Gasteiger partial charge in [0.05, 0.1) is 0 Å². The molecule has 0 unspecified atom stereocenters. The van der Waals surface area contributed by atoms with Crippen molar-refractivity contribution in [2.75, 3.05) is 12.3 Å². The zero-order valence-electron chi connectivity index (χ0n) is 8.63. The van der Waals surface area contributed by atoms with Crippen molar-refractivity contribution in [2.45, 2.75) is 18.2 Å². The summed E-state index contributed by atoms with van der Waals surface area (Å²) < 4.78 is 13.1. The normalized spacial score (nSPS) is 10.0. The van der Waals surface area contributed by atoms with Crippen LogP contribution in [0.25, 0.3) is 0 Å². The number of benzene rings is 1. The molecule has 1 N–H and O–H groups in total. The quantitative estimate of drug-likeness (QED) is 0.783. The molecule has 2 nitrogen and oxygen atoms in total. The van der Waals surface area contributed by atoms with Crippen LogP contribution < -0.4 is 5.32 Å². The number of carbonyl (C=O) groups excluding carboxylic acids is 1. The SMILES string of the molecule is CCNC(=O)CCSc1ccccc1F. The van der Waals surface area contributed by atoms with E-state index in [0.717, 1.165) is 0 Å². The van der Waals surface area contributed by atoms with Gasteiger partial charge in [-0.2, -0.15) is 0 Å². The van der Waals surface area contributed by atoms with Gasteiger partial charge in [-0.25, -0.2) is 4.39 Å². The first-order valence-corrected chi connectivity index (χ1v) is 5.86. The highest BCUT2D eigenvalue weighted by molar-refractivity contribution is 7.99. The Morgan fingerprint density at radius 2 is 2.20 bits per heavy atom. The van der Waals surface area contributed by atoms with E-state index in [0.29, 0.717) is 23.6 Å². The summed E-state index contributed by atoms with van der Waals surface area (Å²) in [6, 6.07) is 6.59. The lowest BCUT2D eigenvalue weighted by molar-refractivity contribution is -0.120. The molecule has 0 aliphatic heterocycles. The van der Waals surface area contributed by atoms with E-state index in [2.05, 4.69) is 5.32 Å². The van der Waals surface area contributed by atoms with Crippen LogP contribution in [0, 0.1) is 5.82 Å². The molecule has 1 aromatic rings. The fourth-order valence-corrected chi connectivity index (χ4v) is 1.99. The van der Waals surface area contributed by atoms with Crippen molar-refractivity contribution >= 4 is 17.7 Å². The average molecular weight is 227 g/mol. The van der Waals surface area contributed by atoms with Crippen LogP contribution in [0.5, 0.6) is 0 Å². The highest BCUT2D eigenvalue weighted by Gasteiger charge is 2.03. The molecule has 0 atom stereocenters. The van der Waals surface area contributed by atoms with Gasteiger partial charge in [0.2, 0.25) is 5.91 Å². The van der Waals surface area contributed by atoms with Crippen LogP contribution in [0.2, 0.25) is 0 Å². The zero-order chi connectivity index (χ0) is 11.1. The lowest BCUT2D eigenvalue weighted by Crippen LogP contribution is -2.22. The van der Waals surface area contributed by atoms with Gasteiger partial charge in [0, 0.05) is 23.6 Å². The molecule has 0 saturated carbocycles. The molecule has 1 rings (SSSR count). The van der Waals surface area contributed by atoms with Crippen LogP contribution in [-0.4, -0.2) is 18.2 Å². The number of thioether (sulfide) groups is 1. The molecule has 0 radical (unpaired) electrons. The maximum atomic E-state index is 13.1. The Kier molecular flexibility index (Phi) is 5.18. The van der Waals surface area contributed by atoms with Crippen LogP contribution in [-0.2, 0) is 4.79 Å². The number of halogens is 1. The summed E-state index contributed by atoms with van der Waals surface area (Å²) in [5.74, 6) is 0.395. The summed E-state index contributed by atoms with van der Waals surface area (Å²) >= 11 is 1.37. The van der Waals surface area contributed by atoms with Gasteiger partial charge in [0.15, 0.2) is 0 Å². The van der Waals surface area contributed by atoms with Crippen molar-refractivity contribution in [1.82, 2.24) is 5.32 Å². The molecule has 0 saturated heterocycles. The molecule has 0 spiro atoms. The summed E-state index contributed by atoms with van der Waals surface area (Å²) in [4.78, 5) is 11.7. The predicted octanol–water partition coefficient (Wildman–Crippen LogP) is 2.44. The molecule has 0 bridgehead atoms. The van der Waals surface area contributed by atoms with E-state index >= 15 is 0 Å². The van der Waals surface area contributed by atoms with Crippen molar-refractivity contribution in [2.24, 2.45) is 0 Å². The molecule has 0 heterocycles. The van der Waals surface area contributed by atoms with E-state index in [9.17, 15) is 9.18 Å². The van der Waals surface area contributed by atoms with Crippen LogP contribution in [0.4, 0.5) is 4.39 Å². The lowest BCUT2D eigenvalue weighted by atomic mass is 10.3. The first-order chi connectivity index (χ1) is 7.24. The van der Waals surface area contributed by atoms with Crippen LogP contribution >= 0.6 is 11.8 Å². The second-order valence-electron chi connectivity index (χ2n) is 2.98. The molecular formula is C11H14FNOS. The van der Waals surface area contributed by atoms with Crippen molar-refractivity contribution in [3.63, 3.8) is 0 Å². The van der Waals surface area contributed by atoms with Gasteiger partial charge in [0.25, 0.3) is 0 Å². The molecule has 0 aliphatic rings. The Morgan fingerprint density at radius 1 is 1.47 bits per heavy atom. The molecule has 0 aromatic heterocycles. The second kappa shape index (κ2) is 6.45. The first kappa shape index (κ1) is 12.0. The average Bonchev–Trinajstić information content (AvgIpc) is 2.21. The third-order valence-corrected chi connectivity index (χ3v) is 2.85. The van der Waals surface area contributed by atoms with Crippen molar-refractivity contribution < 1.29 is 9.18 Å². The molecular weight excluding hydrogens is 213 g/mol. The van der Waals surface area contributed by atoms with Crippen molar-refractivity contribution in [3.8, 4) is 0 Å². The van der Waals surface area contributed by atoms with Gasteiger partial charge in [-0.15, -0.1) is 11.8 Å². The van der Waals surface area contributed by atoms with Crippen LogP contribution in [0.3, 0.4) is 0 Å². The summed E-state index contributed by atoms with van der Waals surface area (Å²) in [6.45, 7) is 2.52. The van der Waals surface area contributed by atoms with Crippen LogP contribution in [0.15, 0.2) is 29.2 Å². The maximum Gasteiger partial charge on any atom is 0.220 e. The second-order valence-corrected chi connectivity index (χ2v) is 4.12. The monoisotopic (exact) mass is 227 g/mol. The Labute approximate surface area is 93.3 Å². The number of hydrogen-bond donors (Lipinski definition) is 1. The predicted molar refractivity (Wildman–Crippen MR) is 60.4 cm³/mol. The molecule has 0 fully saturated rings. The van der Waals surface area contributed by atoms with Gasteiger partial charge in [-0.05, 0) is 19.1 Å². The van der Waals surface area contributed by atoms with Gasteiger partial charge in [-0.1, -0.05) is 12.1 Å². The molecule has 1 aromatic carbocycles. The highest BCUT2D eigenvalue weighted by atomic mass is 32.2. The van der Waals surface area contributed by atoms with Crippen molar-refractivity contribution in [3.05, 3.63) is 30.1 Å². The maximum absolute atomic E-state index is 13.1. The Morgan fingerprint density at radius 3 is 2.87 bits per heavy atom. The summed E-state index contributed by atoms with van der Waals surface area (Å²) in [5.41, 5.74) is 0. The molecule has 0 aliphatic carbocycles. The third-order valence-electron chi connectivity index (χ3n) is 1.80. The Hall–Kier alpha value is -1.03. The lowest BCUT2D eigenvalue weighted by Gasteiger charge is -2.03. The highest BCUT2D eigenvalue weighted by Crippen LogP contribution is 2.21. The first-order valence-electron chi connectivity index (χ1n) is 4.88. The number of amides is 1. The number of rotatable bonds is 5. The molecule has 82 valence electrons. The summed E-state index contributed by atoms with van der Waals surface area (Å²) in [6.07, 6.45) is 0.423. The minimum atomic E-state index is -0.224. The van der Waals surface area contributed by atoms with E-state index in [4.69, 9.17) is 0 Å². The van der Waals surface area contributed by atoms with E-state index < -0.39 is 0 Å². The minimum Gasteiger partial charge on any atom is -0.356 e. The van der Waals surface area contributed by atoms with Gasteiger partial charge < -0.3 is 5.32 Å². The Balaban J connectivity index is 2.32. The van der Waals surface area contributed by atoms with Crippen molar-refractivity contribution in [1.29, 1.82) is 0 Å². The zero-order valence-corrected chi connectivity index (χ0v) is 9.44. The Bertz CT molecular complexity index is 330. The fraction of sp³-hybridized carbons (Fsp3) is 0.364. The van der Waals surface area contributed by atoms with Gasteiger partial charge in [0.1, 0.15) is 5.82 Å². The van der Waals surface area contributed by atoms with E-state index in [1.807, 2.05) is 6.92 Å². The standard InChI is InChI=1S/C11H14FNOS/c1-2-13-11(14)7-8-15-10-6-4-3-5-9(10)12/h3-6H,2,7-8H2,1H3,(H,13,14). The topological polar surface area (TPSA) is 29.1 Å². The smallest absolute Gasteiger partial charge is 0.220 e. The number of nitrogens with one attached hydrogen (secondary N) is 1. The van der Waals surface area contributed by atoms with Gasteiger partial charge in [-0.3, -0.25) is 4.79 Å². The van der Waals surface area contributed by atoms with Gasteiger partial charge >= 0.3 is 0 Å². The van der Waals surface area contributed by atoms with E-state index in [-0.39, 0.29) is 11.7 Å². The number of hydrogen-bond acceptors (Lipinski definition) is 2. The minimum absolute atomic E-state index is 0.0151. The summed E-state index contributed by atoms with van der Waals surface area (Å²) in [7, 11) is 0. The van der Waals surface area contributed by atoms with E-state index in [1.165, 1.54) is 17.8 Å². The molecule has 4 heteroatoms. The fourth-order valence-electron chi connectivity index (χ4n) is 1.10. The molecule has 15 heavy (non-hydrogen) atoms. The van der Waals surface area contributed by atoms with Crippen LogP contribution in [0.1, 0.15) is 13.3 Å². The number of carbonyl (C=O) groups is 1. The van der Waals surface area contributed by atoms with E-state index in [1.54, 1.807) is 18.2 Å². The largest absolute Gasteiger partial charge is 0.356 e. The summed E-state index contributed by atoms with van der Waals surface area (Å²) in [5, 5.41) is 2.70.